The van der Waals surface area contributed by atoms with Crippen molar-refractivity contribution in [2.24, 2.45) is 0 Å². The molecule has 0 bridgehead atoms. The van der Waals surface area contributed by atoms with E-state index in [2.05, 4.69) is 24.1 Å². The maximum Gasteiger partial charge on any atom is 0.224 e. The molecule has 21 heavy (non-hydrogen) atoms. The van der Waals surface area contributed by atoms with Crippen LogP contribution in [0.1, 0.15) is 39.5 Å². The Morgan fingerprint density at radius 3 is 2.62 bits per heavy atom. The minimum atomic E-state index is 0.263. The Balaban J connectivity index is 1.64. The third-order valence-electron chi connectivity index (χ3n) is 4.80. The van der Waals surface area contributed by atoms with Crippen LogP contribution in [0, 0.1) is 0 Å². The van der Waals surface area contributed by atoms with Crippen LogP contribution in [0.5, 0.6) is 0 Å². The highest BCUT2D eigenvalue weighted by molar-refractivity contribution is 5.76. The Morgan fingerprint density at radius 1 is 1.24 bits per heavy atom. The molecule has 0 aromatic heterocycles. The molecule has 0 aromatic rings. The van der Waals surface area contributed by atoms with E-state index in [1.54, 1.807) is 0 Å². The van der Waals surface area contributed by atoms with Gasteiger partial charge >= 0.3 is 0 Å². The number of ether oxygens (including phenoxy) is 1. The lowest BCUT2D eigenvalue weighted by Gasteiger charge is -2.26. The smallest absolute Gasteiger partial charge is 0.224 e. The molecule has 1 unspecified atom stereocenters. The number of hydrogen-bond acceptors (Lipinski definition) is 4. The molecule has 5 heteroatoms. The lowest BCUT2D eigenvalue weighted by molar-refractivity contribution is -0.132. The minimum Gasteiger partial charge on any atom is -0.378 e. The highest BCUT2D eigenvalue weighted by Crippen LogP contribution is 2.16. The monoisotopic (exact) mass is 297 g/mol. The van der Waals surface area contributed by atoms with Crippen molar-refractivity contribution in [3.63, 3.8) is 0 Å². The van der Waals surface area contributed by atoms with Gasteiger partial charge in [-0.2, -0.15) is 0 Å². The van der Waals surface area contributed by atoms with Crippen molar-refractivity contribution in [1.82, 2.24) is 15.1 Å². The Morgan fingerprint density at radius 2 is 1.95 bits per heavy atom. The summed E-state index contributed by atoms with van der Waals surface area (Å²) in [4.78, 5) is 16.7. The Labute approximate surface area is 129 Å². The molecule has 2 fully saturated rings. The van der Waals surface area contributed by atoms with Gasteiger partial charge in [-0.05, 0) is 45.4 Å². The Hall–Kier alpha value is -0.650. The number of rotatable bonds is 7. The first-order chi connectivity index (χ1) is 10.2. The molecule has 122 valence electrons. The molecule has 0 saturated carbocycles. The van der Waals surface area contributed by atoms with Crippen molar-refractivity contribution in [3.05, 3.63) is 0 Å². The molecular weight excluding hydrogens is 266 g/mol. The molecule has 0 radical (unpaired) electrons. The first kappa shape index (κ1) is 16.7. The Kier molecular flexibility index (Phi) is 6.93. The van der Waals surface area contributed by atoms with Gasteiger partial charge in [-0.3, -0.25) is 9.69 Å². The molecular formula is C16H31N3O2. The average Bonchev–Trinajstić information content (AvgIpc) is 2.99. The molecule has 2 aliphatic rings. The second kappa shape index (κ2) is 8.71. The summed E-state index contributed by atoms with van der Waals surface area (Å²) in [5, 5.41) is 3.33. The Bertz CT molecular complexity index is 315. The van der Waals surface area contributed by atoms with E-state index in [9.17, 15) is 4.79 Å². The minimum absolute atomic E-state index is 0.263. The van der Waals surface area contributed by atoms with E-state index in [0.29, 0.717) is 25.2 Å². The van der Waals surface area contributed by atoms with Gasteiger partial charge in [0.25, 0.3) is 0 Å². The van der Waals surface area contributed by atoms with Crippen LogP contribution in [-0.2, 0) is 9.53 Å². The number of amides is 1. The summed E-state index contributed by atoms with van der Waals surface area (Å²) in [5.74, 6) is 0.263. The van der Waals surface area contributed by atoms with E-state index >= 15 is 0 Å². The predicted octanol–water partition coefficient (Wildman–Crippen LogP) is 1.09. The van der Waals surface area contributed by atoms with Crippen LogP contribution in [0.4, 0.5) is 0 Å². The van der Waals surface area contributed by atoms with Crippen molar-refractivity contribution in [1.29, 1.82) is 0 Å². The second-order valence-corrected chi connectivity index (χ2v) is 6.07. The van der Waals surface area contributed by atoms with Gasteiger partial charge in [0, 0.05) is 19.1 Å². The zero-order chi connectivity index (χ0) is 15.1. The zero-order valence-corrected chi connectivity index (χ0v) is 13.6. The zero-order valence-electron chi connectivity index (χ0n) is 13.6. The van der Waals surface area contributed by atoms with E-state index in [0.717, 1.165) is 58.5 Å². The van der Waals surface area contributed by atoms with Crippen molar-refractivity contribution in [3.8, 4) is 0 Å². The van der Waals surface area contributed by atoms with Gasteiger partial charge in [-0.15, -0.1) is 0 Å². The molecule has 1 amide bonds. The summed E-state index contributed by atoms with van der Waals surface area (Å²) in [6, 6.07) is 0.550. The molecule has 0 spiro atoms. The van der Waals surface area contributed by atoms with Gasteiger partial charge in [0.2, 0.25) is 5.91 Å². The van der Waals surface area contributed by atoms with Crippen molar-refractivity contribution in [2.75, 3.05) is 45.9 Å². The first-order valence-electron chi connectivity index (χ1n) is 8.58. The summed E-state index contributed by atoms with van der Waals surface area (Å²) < 4.78 is 5.83. The van der Waals surface area contributed by atoms with Gasteiger partial charge < -0.3 is 15.0 Å². The first-order valence-corrected chi connectivity index (χ1v) is 8.58. The largest absolute Gasteiger partial charge is 0.378 e. The highest BCUT2D eigenvalue weighted by Gasteiger charge is 2.28. The standard InChI is InChI=1S/C16H31N3O2/c1-3-18(4-2)14-7-11-19(13-14)16(20)8-12-21-15-5-9-17-10-6-15/h14-15,17H,3-13H2,1-2H3. The van der Waals surface area contributed by atoms with Crippen molar-refractivity contribution < 1.29 is 9.53 Å². The van der Waals surface area contributed by atoms with Crippen LogP contribution < -0.4 is 5.32 Å². The molecule has 2 saturated heterocycles. The van der Waals surface area contributed by atoms with Gasteiger partial charge in [0.1, 0.15) is 0 Å². The number of piperidine rings is 1. The van der Waals surface area contributed by atoms with Crippen LogP contribution in [0.2, 0.25) is 0 Å². The molecule has 1 N–H and O–H groups in total. The third-order valence-corrected chi connectivity index (χ3v) is 4.80. The summed E-state index contributed by atoms with van der Waals surface area (Å²) in [6.45, 7) is 11.0. The number of carbonyl (C=O) groups excluding carboxylic acids is 1. The SMILES string of the molecule is CCN(CC)C1CCN(C(=O)CCOC2CCNCC2)C1. The number of carbonyl (C=O) groups is 1. The number of nitrogens with one attached hydrogen (secondary N) is 1. The van der Waals surface area contributed by atoms with Crippen LogP contribution in [0.25, 0.3) is 0 Å². The normalized spacial score (nSPS) is 24.0. The lowest BCUT2D eigenvalue weighted by Crippen LogP contribution is -2.39. The van der Waals surface area contributed by atoms with E-state index in [-0.39, 0.29) is 5.91 Å². The molecule has 5 nitrogen and oxygen atoms in total. The van der Waals surface area contributed by atoms with Gasteiger partial charge in [-0.25, -0.2) is 0 Å². The second-order valence-electron chi connectivity index (χ2n) is 6.07. The topological polar surface area (TPSA) is 44.8 Å². The summed E-state index contributed by atoms with van der Waals surface area (Å²) in [6.07, 6.45) is 4.14. The number of likely N-dealkylation sites (tertiary alicyclic amines) is 1. The highest BCUT2D eigenvalue weighted by atomic mass is 16.5. The van der Waals surface area contributed by atoms with Crippen LogP contribution in [0.15, 0.2) is 0 Å². The molecule has 2 aliphatic heterocycles. The molecule has 1 atom stereocenters. The molecule has 2 rings (SSSR count). The maximum atomic E-state index is 12.2. The number of nitrogens with zero attached hydrogens (tertiary/aromatic N) is 2. The summed E-state index contributed by atoms with van der Waals surface area (Å²) in [7, 11) is 0. The summed E-state index contributed by atoms with van der Waals surface area (Å²) >= 11 is 0. The predicted molar refractivity (Wildman–Crippen MR) is 84.4 cm³/mol. The molecule has 0 aromatic carbocycles. The van der Waals surface area contributed by atoms with Gasteiger partial charge in [0.05, 0.1) is 19.1 Å². The van der Waals surface area contributed by atoms with E-state index in [1.807, 2.05) is 4.90 Å². The lowest BCUT2D eigenvalue weighted by atomic mass is 10.1. The van der Waals surface area contributed by atoms with E-state index in [1.165, 1.54) is 0 Å². The van der Waals surface area contributed by atoms with Crippen LogP contribution in [-0.4, -0.2) is 73.7 Å². The molecule has 2 heterocycles. The number of likely N-dealkylation sites (N-methyl/N-ethyl adjacent to an activating group) is 1. The van der Waals surface area contributed by atoms with Gasteiger partial charge in [-0.1, -0.05) is 13.8 Å². The van der Waals surface area contributed by atoms with Crippen molar-refractivity contribution >= 4 is 5.91 Å². The maximum absolute atomic E-state index is 12.2. The fourth-order valence-electron chi connectivity index (χ4n) is 3.44. The molecule has 0 aliphatic carbocycles. The quantitative estimate of drug-likeness (QED) is 0.764. The van der Waals surface area contributed by atoms with Crippen LogP contribution in [0.3, 0.4) is 0 Å². The summed E-state index contributed by atoms with van der Waals surface area (Å²) in [5.41, 5.74) is 0. The number of hydrogen-bond donors (Lipinski definition) is 1. The fraction of sp³-hybridized carbons (Fsp3) is 0.938. The van der Waals surface area contributed by atoms with Crippen molar-refractivity contribution in [2.45, 2.75) is 51.7 Å². The van der Waals surface area contributed by atoms with E-state index in [4.69, 9.17) is 4.74 Å². The third kappa shape index (κ3) is 4.94. The van der Waals surface area contributed by atoms with Crippen LogP contribution >= 0.6 is 0 Å². The fourth-order valence-corrected chi connectivity index (χ4v) is 3.44. The van der Waals surface area contributed by atoms with E-state index < -0.39 is 0 Å². The van der Waals surface area contributed by atoms with Gasteiger partial charge in [0.15, 0.2) is 0 Å². The average molecular weight is 297 g/mol.